The van der Waals surface area contributed by atoms with Crippen LogP contribution in [0.1, 0.15) is 44.1 Å². The fourth-order valence-electron chi connectivity index (χ4n) is 2.03. The Hall–Kier alpha value is -0.870. The van der Waals surface area contributed by atoms with Crippen LogP contribution in [-0.2, 0) is 30.7 Å². The van der Waals surface area contributed by atoms with Gasteiger partial charge >= 0.3 is 0 Å². The third-order valence-corrected chi connectivity index (χ3v) is 2.87. The minimum Gasteiger partial charge on any atom is -0.392 e. The summed E-state index contributed by atoms with van der Waals surface area (Å²) in [6, 6.07) is 0. The lowest BCUT2D eigenvalue weighted by atomic mass is 10.1. The Labute approximate surface area is 104 Å². The van der Waals surface area contributed by atoms with Crippen LogP contribution in [0.15, 0.2) is 0 Å². The molecule has 0 aliphatic rings. The molecular weight excluding hydrogens is 216 g/mol. The molecule has 17 heavy (non-hydrogen) atoms. The number of nitrogens with zero attached hydrogens (tertiary/aromatic N) is 2. The van der Waals surface area contributed by atoms with Gasteiger partial charge in [-0.15, -0.1) is 0 Å². The summed E-state index contributed by atoms with van der Waals surface area (Å²) in [5.41, 5.74) is 3.16. The largest absolute Gasteiger partial charge is 0.392 e. The van der Waals surface area contributed by atoms with Gasteiger partial charge in [-0.25, -0.2) is 0 Å². The number of aliphatic hydroxyl groups excluding tert-OH is 1. The quantitative estimate of drug-likeness (QED) is 0.706. The smallest absolute Gasteiger partial charge is 0.0718 e. The molecule has 1 N–H and O–H groups in total. The molecule has 1 aromatic heterocycles. The van der Waals surface area contributed by atoms with Crippen LogP contribution in [0, 0.1) is 0 Å². The van der Waals surface area contributed by atoms with E-state index >= 15 is 0 Å². The van der Waals surface area contributed by atoms with Crippen LogP contribution in [0.4, 0.5) is 0 Å². The van der Waals surface area contributed by atoms with Crippen molar-refractivity contribution in [2.45, 2.75) is 53.2 Å². The Kier molecular flexibility index (Phi) is 6.22. The van der Waals surface area contributed by atoms with Gasteiger partial charge in [-0.2, -0.15) is 5.10 Å². The molecule has 0 aliphatic carbocycles. The van der Waals surface area contributed by atoms with Crippen molar-refractivity contribution in [3.05, 3.63) is 17.0 Å². The van der Waals surface area contributed by atoms with Gasteiger partial charge in [-0.1, -0.05) is 20.8 Å². The second-order valence-corrected chi connectivity index (χ2v) is 4.07. The van der Waals surface area contributed by atoms with E-state index in [1.165, 1.54) is 0 Å². The second-order valence-electron chi connectivity index (χ2n) is 4.07. The molecule has 0 fully saturated rings. The van der Waals surface area contributed by atoms with Gasteiger partial charge < -0.3 is 9.84 Å². The summed E-state index contributed by atoms with van der Waals surface area (Å²) in [6.45, 7) is 8.62. The van der Waals surface area contributed by atoms with Gasteiger partial charge in [0, 0.05) is 17.9 Å². The first-order valence-electron chi connectivity index (χ1n) is 6.54. The lowest BCUT2D eigenvalue weighted by Crippen LogP contribution is -2.11. The molecule has 0 spiro atoms. The Balaban J connectivity index is 2.73. The molecule has 1 heterocycles. The van der Waals surface area contributed by atoms with Crippen molar-refractivity contribution < 1.29 is 9.84 Å². The highest BCUT2D eigenvalue weighted by molar-refractivity contribution is 5.25. The highest BCUT2D eigenvalue weighted by atomic mass is 16.5. The molecule has 0 aliphatic heterocycles. The Bertz CT molecular complexity index is 334. The summed E-state index contributed by atoms with van der Waals surface area (Å²) in [5.74, 6) is 0. The molecule has 0 amide bonds. The SMILES string of the molecule is CCCOCCn1nc(CC)c(CO)c1CC. The van der Waals surface area contributed by atoms with Gasteiger partial charge in [0.1, 0.15) is 0 Å². The summed E-state index contributed by atoms with van der Waals surface area (Å²) >= 11 is 0. The van der Waals surface area contributed by atoms with Gasteiger partial charge in [0.25, 0.3) is 0 Å². The first-order valence-corrected chi connectivity index (χ1v) is 6.54. The van der Waals surface area contributed by atoms with Crippen LogP contribution < -0.4 is 0 Å². The summed E-state index contributed by atoms with van der Waals surface area (Å²) in [7, 11) is 0. The van der Waals surface area contributed by atoms with E-state index in [4.69, 9.17) is 4.74 Å². The number of ether oxygens (including phenoxy) is 1. The summed E-state index contributed by atoms with van der Waals surface area (Å²) < 4.78 is 7.47. The normalized spacial score (nSPS) is 11.1. The number of hydrogen-bond acceptors (Lipinski definition) is 3. The van der Waals surface area contributed by atoms with Gasteiger partial charge in [-0.05, 0) is 19.3 Å². The van der Waals surface area contributed by atoms with E-state index in [1.54, 1.807) is 0 Å². The minimum atomic E-state index is 0.0855. The average molecular weight is 240 g/mol. The lowest BCUT2D eigenvalue weighted by Gasteiger charge is -2.07. The molecule has 4 heteroatoms. The molecule has 0 atom stereocenters. The van der Waals surface area contributed by atoms with Crippen LogP contribution >= 0.6 is 0 Å². The maximum Gasteiger partial charge on any atom is 0.0718 e. The third-order valence-electron chi connectivity index (χ3n) is 2.87. The van der Waals surface area contributed by atoms with Crippen molar-refractivity contribution in [2.24, 2.45) is 0 Å². The van der Waals surface area contributed by atoms with E-state index in [1.807, 2.05) is 4.68 Å². The number of aliphatic hydroxyl groups is 1. The van der Waals surface area contributed by atoms with Crippen molar-refractivity contribution in [1.29, 1.82) is 0 Å². The molecule has 0 saturated heterocycles. The summed E-state index contributed by atoms with van der Waals surface area (Å²) in [6.07, 6.45) is 2.81. The van der Waals surface area contributed by atoms with Crippen LogP contribution in [-0.4, -0.2) is 28.1 Å². The first kappa shape index (κ1) is 14.2. The number of aryl methyl sites for hydroxylation is 1. The fraction of sp³-hybridized carbons (Fsp3) is 0.769. The maximum absolute atomic E-state index is 9.40. The standard InChI is InChI=1S/C13H24N2O2/c1-4-8-17-9-7-15-13(6-3)11(10-16)12(5-2)14-15/h16H,4-10H2,1-3H3. The lowest BCUT2D eigenvalue weighted by molar-refractivity contribution is 0.123. The topological polar surface area (TPSA) is 47.3 Å². The highest BCUT2D eigenvalue weighted by Crippen LogP contribution is 2.16. The minimum absolute atomic E-state index is 0.0855. The molecule has 0 radical (unpaired) electrons. The zero-order valence-corrected chi connectivity index (χ0v) is 11.2. The molecule has 1 aromatic rings. The molecule has 4 nitrogen and oxygen atoms in total. The zero-order chi connectivity index (χ0) is 12.7. The van der Waals surface area contributed by atoms with Crippen LogP contribution in [0.3, 0.4) is 0 Å². The van der Waals surface area contributed by atoms with Crippen molar-refractivity contribution >= 4 is 0 Å². The van der Waals surface area contributed by atoms with Crippen LogP contribution in [0.2, 0.25) is 0 Å². The highest BCUT2D eigenvalue weighted by Gasteiger charge is 2.13. The molecule has 0 aromatic carbocycles. The molecular formula is C13H24N2O2. The predicted octanol–water partition coefficient (Wildman–Crippen LogP) is 1.93. The third kappa shape index (κ3) is 3.54. The van der Waals surface area contributed by atoms with Gasteiger partial charge in [-0.3, -0.25) is 4.68 Å². The van der Waals surface area contributed by atoms with E-state index < -0.39 is 0 Å². The predicted molar refractivity (Wildman–Crippen MR) is 68.0 cm³/mol. The molecule has 98 valence electrons. The average Bonchev–Trinajstić information content (AvgIpc) is 2.71. The zero-order valence-electron chi connectivity index (χ0n) is 11.2. The van der Waals surface area contributed by atoms with Crippen molar-refractivity contribution in [2.75, 3.05) is 13.2 Å². The van der Waals surface area contributed by atoms with Crippen LogP contribution in [0.25, 0.3) is 0 Å². The van der Waals surface area contributed by atoms with E-state index in [9.17, 15) is 5.11 Å². The number of rotatable bonds is 8. The monoisotopic (exact) mass is 240 g/mol. The second kappa shape index (κ2) is 7.45. The Morgan fingerprint density at radius 3 is 2.47 bits per heavy atom. The van der Waals surface area contributed by atoms with Crippen molar-refractivity contribution in [3.63, 3.8) is 0 Å². The van der Waals surface area contributed by atoms with E-state index in [2.05, 4.69) is 25.9 Å². The van der Waals surface area contributed by atoms with Crippen molar-refractivity contribution in [3.8, 4) is 0 Å². The van der Waals surface area contributed by atoms with Crippen molar-refractivity contribution in [1.82, 2.24) is 9.78 Å². The van der Waals surface area contributed by atoms with Gasteiger partial charge in [0.15, 0.2) is 0 Å². The Morgan fingerprint density at radius 2 is 1.94 bits per heavy atom. The molecule has 0 saturated carbocycles. The number of hydrogen-bond donors (Lipinski definition) is 1. The molecule has 1 rings (SSSR count). The van der Waals surface area contributed by atoms with Gasteiger partial charge in [0.2, 0.25) is 0 Å². The maximum atomic E-state index is 9.40. The summed E-state index contributed by atoms with van der Waals surface area (Å²) in [5, 5.41) is 13.9. The van der Waals surface area contributed by atoms with E-state index in [0.717, 1.165) is 49.4 Å². The molecule has 0 bridgehead atoms. The van der Waals surface area contributed by atoms with Crippen LogP contribution in [0.5, 0.6) is 0 Å². The first-order chi connectivity index (χ1) is 8.28. The summed E-state index contributed by atoms with van der Waals surface area (Å²) in [4.78, 5) is 0. The fourth-order valence-corrected chi connectivity index (χ4v) is 2.03. The van der Waals surface area contributed by atoms with Gasteiger partial charge in [0.05, 0.1) is 25.5 Å². The van der Waals surface area contributed by atoms with E-state index in [-0.39, 0.29) is 6.61 Å². The van der Waals surface area contributed by atoms with E-state index in [0.29, 0.717) is 6.61 Å². The number of aromatic nitrogens is 2. The Morgan fingerprint density at radius 1 is 1.18 bits per heavy atom. The molecule has 0 unspecified atom stereocenters.